The number of Topliss-reactive ketones (excluding diaryl/α,β-unsaturated/α-hetero) is 2. The molecule has 0 saturated heterocycles. The SMILES string of the molecule is O=C1CCCC(=O)C1.OCC(CO)N[C@H]1C[C@](O)(CO)[C@@H](O)[C@H](O)[C@H]1O. The Balaban J connectivity index is 0.000000350. The molecule has 0 aromatic rings. The number of nitrogens with one attached hydrogen (secondary N) is 1. The van der Waals surface area contributed by atoms with E-state index < -0.39 is 55.8 Å². The monoisotopic (exact) mass is 379 g/mol. The molecule has 5 atom stereocenters. The van der Waals surface area contributed by atoms with Crippen LogP contribution >= 0.6 is 0 Å². The van der Waals surface area contributed by atoms with Crippen LogP contribution in [0.1, 0.15) is 32.1 Å². The molecule has 2 fully saturated rings. The molecule has 0 bridgehead atoms. The summed E-state index contributed by atoms with van der Waals surface area (Å²) in [4.78, 5) is 20.9. The average molecular weight is 379 g/mol. The normalized spacial score (nSPS) is 35.2. The van der Waals surface area contributed by atoms with Gasteiger partial charge in [-0.3, -0.25) is 9.59 Å². The second-order valence-corrected chi connectivity index (χ2v) is 6.83. The Labute approximate surface area is 151 Å². The van der Waals surface area contributed by atoms with Gasteiger partial charge in [-0.25, -0.2) is 0 Å². The minimum absolute atomic E-state index is 0.112. The fraction of sp³-hybridized carbons (Fsp3) is 0.875. The summed E-state index contributed by atoms with van der Waals surface area (Å²) >= 11 is 0. The number of aliphatic hydroxyl groups excluding tert-OH is 6. The second kappa shape index (κ2) is 10.4. The van der Waals surface area contributed by atoms with Crippen molar-refractivity contribution in [2.24, 2.45) is 0 Å². The average Bonchev–Trinajstić information content (AvgIpc) is 2.62. The van der Waals surface area contributed by atoms with E-state index in [2.05, 4.69) is 5.32 Å². The summed E-state index contributed by atoms with van der Waals surface area (Å²) in [6.07, 6.45) is -2.70. The van der Waals surface area contributed by atoms with Gasteiger partial charge in [-0.1, -0.05) is 0 Å². The highest BCUT2D eigenvalue weighted by molar-refractivity contribution is 6.01. The van der Waals surface area contributed by atoms with E-state index in [1.165, 1.54) is 0 Å². The van der Waals surface area contributed by atoms with Gasteiger partial charge in [0, 0.05) is 18.9 Å². The van der Waals surface area contributed by atoms with E-state index in [1.807, 2.05) is 0 Å². The van der Waals surface area contributed by atoms with Crippen LogP contribution in [0.3, 0.4) is 0 Å². The predicted octanol–water partition coefficient (Wildman–Crippen LogP) is -3.79. The Morgan fingerprint density at radius 1 is 1.00 bits per heavy atom. The van der Waals surface area contributed by atoms with E-state index in [-0.39, 0.29) is 24.4 Å². The summed E-state index contributed by atoms with van der Waals surface area (Å²) in [7, 11) is 0. The van der Waals surface area contributed by atoms with E-state index in [1.54, 1.807) is 0 Å². The van der Waals surface area contributed by atoms with Gasteiger partial charge in [-0.05, 0) is 12.8 Å². The van der Waals surface area contributed by atoms with Crippen LogP contribution in [0.15, 0.2) is 0 Å². The van der Waals surface area contributed by atoms with Gasteiger partial charge in [0.2, 0.25) is 0 Å². The maximum absolute atomic E-state index is 10.5. The zero-order valence-electron chi connectivity index (χ0n) is 14.5. The molecule has 0 radical (unpaired) electrons. The van der Waals surface area contributed by atoms with Crippen molar-refractivity contribution in [3.05, 3.63) is 0 Å². The lowest BCUT2D eigenvalue weighted by atomic mass is 9.76. The highest BCUT2D eigenvalue weighted by Crippen LogP contribution is 2.29. The zero-order valence-corrected chi connectivity index (χ0v) is 14.5. The molecule has 152 valence electrons. The number of aliphatic hydroxyl groups is 7. The largest absolute Gasteiger partial charge is 0.395 e. The summed E-state index contributed by atoms with van der Waals surface area (Å²) in [6, 6.07) is -1.60. The first kappa shape index (κ1) is 23.1. The highest BCUT2D eigenvalue weighted by Gasteiger charge is 2.51. The van der Waals surface area contributed by atoms with Gasteiger partial charge in [-0.15, -0.1) is 0 Å². The Bertz CT molecular complexity index is 457. The fourth-order valence-corrected chi connectivity index (χ4v) is 3.03. The van der Waals surface area contributed by atoms with Gasteiger partial charge in [0.15, 0.2) is 0 Å². The fourth-order valence-electron chi connectivity index (χ4n) is 3.03. The van der Waals surface area contributed by atoms with Crippen molar-refractivity contribution < 1.29 is 45.3 Å². The first-order chi connectivity index (χ1) is 12.2. The lowest BCUT2D eigenvalue weighted by Gasteiger charge is -2.46. The first-order valence-electron chi connectivity index (χ1n) is 8.57. The van der Waals surface area contributed by atoms with Crippen LogP contribution in [0, 0.1) is 0 Å². The molecule has 2 aliphatic carbocycles. The molecule has 2 rings (SSSR count). The third-order valence-electron chi connectivity index (χ3n) is 4.68. The summed E-state index contributed by atoms with van der Waals surface area (Å²) < 4.78 is 0. The molecule has 2 saturated carbocycles. The van der Waals surface area contributed by atoms with Crippen molar-refractivity contribution in [1.82, 2.24) is 5.32 Å². The minimum Gasteiger partial charge on any atom is -0.395 e. The third-order valence-corrected chi connectivity index (χ3v) is 4.68. The van der Waals surface area contributed by atoms with Crippen molar-refractivity contribution in [2.75, 3.05) is 19.8 Å². The Morgan fingerprint density at radius 3 is 1.92 bits per heavy atom. The van der Waals surface area contributed by atoms with Gasteiger partial charge in [0.25, 0.3) is 0 Å². The van der Waals surface area contributed by atoms with E-state index in [0.29, 0.717) is 12.8 Å². The molecule has 10 nitrogen and oxygen atoms in total. The van der Waals surface area contributed by atoms with Gasteiger partial charge >= 0.3 is 0 Å². The first-order valence-corrected chi connectivity index (χ1v) is 8.57. The molecule has 26 heavy (non-hydrogen) atoms. The number of ketones is 2. The topological polar surface area (TPSA) is 188 Å². The summed E-state index contributed by atoms with van der Waals surface area (Å²) in [5.74, 6) is 0.225. The Morgan fingerprint density at radius 2 is 1.54 bits per heavy atom. The molecule has 0 aliphatic heterocycles. The molecule has 0 unspecified atom stereocenters. The predicted molar refractivity (Wildman–Crippen MR) is 88.0 cm³/mol. The minimum atomic E-state index is -1.94. The van der Waals surface area contributed by atoms with Gasteiger partial charge in [0.05, 0.1) is 38.4 Å². The molecule has 0 aromatic heterocycles. The van der Waals surface area contributed by atoms with Crippen LogP contribution in [0.4, 0.5) is 0 Å². The maximum atomic E-state index is 10.5. The Kier molecular flexibility index (Phi) is 9.21. The summed E-state index contributed by atoms with van der Waals surface area (Å²) in [6.45, 7) is -1.56. The molecule has 2 aliphatic rings. The molecule has 10 heteroatoms. The van der Waals surface area contributed by atoms with E-state index in [4.69, 9.17) is 15.3 Å². The molecule has 0 amide bonds. The Hall–Kier alpha value is -0.980. The number of hydrogen-bond acceptors (Lipinski definition) is 10. The smallest absolute Gasteiger partial charge is 0.140 e. The van der Waals surface area contributed by atoms with Crippen molar-refractivity contribution in [2.45, 2.75) is 68.1 Å². The number of rotatable bonds is 5. The van der Waals surface area contributed by atoms with Crippen LogP contribution in [0.2, 0.25) is 0 Å². The maximum Gasteiger partial charge on any atom is 0.140 e. The molecule has 8 N–H and O–H groups in total. The lowest BCUT2D eigenvalue weighted by Crippen LogP contribution is -2.68. The summed E-state index contributed by atoms with van der Waals surface area (Å²) in [5.41, 5.74) is -1.94. The molecule has 0 spiro atoms. The van der Waals surface area contributed by atoms with Gasteiger partial charge < -0.3 is 41.1 Å². The third kappa shape index (κ3) is 6.03. The molecule has 0 heterocycles. The van der Waals surface area contributed by atoms with E-state index >= 15 is 0 Å². The van der Waals surface area contributed by atoms with Gasteiger partial charge in [0.1, 0.15) is 29.4 Å². The standard InChI is InChI=1S/C10H21NO7.C6H8O2/c12-2-5(3-13)11-6-1-10(18,4-14)9(17)8(16)7(6)15;7-5-2-1-3-6(8)4-5/h5-9,11-18H,1-4H2;1-4H2/t6-,7-,8+,9-,10-;/m0./s1. The van der Waals surface area contributed by atoms with E-state index in [9.17, 15) is 30.0 Å². The van der Waals surface area contributed by atoms with Crippen LogP contribution in [0.5, 0.6) is 0 Å². The number of hydrogen-bond donors (Lipinski definition) is 8. The second-order valence-electron chi connectivity index (χ2n) is 6.83. The summed E-state index contributed by atoms with van der Waals surface area (Å²) in [5, 5.41) is 68.4. The van der Waals surface area contributed by atoms with E-state index in [0.717, 1.165) is 6.42 Å². The van der Waals surface area contributed by atoms with Crippen LogP contribution in [0.25, 0.3) is 0 Å². The van der Waals surface area contributed by atoms with Gasteiger partial charge in [-0.2, -0.15) is 0 Å². The van der Waals surface area contributed by atoms with Crippen molar-refractivity contribution in [3.8, 4) is 0 Å². The lowest BCUT2D eigenvalue weighted by molar-refractivity contribution is -0.207. The molecule has 0 aromatic carbocycles. The quantitative estimate of drug-likeness (QED) is 0.220. The molecular formula is C16H29NO9. The van der Waals surface area contributed by atoms with Crippen molar-refractivity contribution in [3.63, 3.8) is 0 Å². The van der Waals surface area contributed by atoms with Crippen LogP contribution < -0.4 is 5.32 Å². The highest BCUT2D eigenvalue weighted by atomic mass is 16.4. The van der Waals surface area contributed by atoms with Crippen molar-refractivity contribution >= 4 is 11.6 Å². The number of carbonyl (C=O) groups is 2. The van der Waals surface area contributed by atoms with Crippen molar-refractivity contribution in [1.29, 1.82) is 0 Å². The van der Waals surface area contributed by atoms with Crippen LogP contribution in [-0.2, 0) is 9.59 Å². The number of carbonyl (C=O) groups excluding carboxylic acids is 2. The zero-order chi connectivity index (χ0) is 19.9. The molecular weight excluding hydrogens is 350 g/mol. The van der Waals surface area contributed by atoms with Crippen LogP contribution in [-0.4, -0.2) is 103 Å².